The van der Waals surface area contributed by atoms with Crippen LogP contribution < -0.4 is 4.72 Å². The predicted molar refractivity (Wildman–Crippen MR) is 57.9 cm³/mol. The molecule has 16 heavy (non-hydrogen) atoms. The molecule has 0 saturated carbocycles. The maximum Gasteiger partial charge on any atom is 0.195 e. The van der Waals surface area contributed by atoms with Gasteiger partial charge in [-0.3, -0.25) is 0 Å². The van der Waals surface area contributed by atoms with Crippen LogP contribution in [0.4, 0.5) is 19.0 Å². The Balaban J connectivity index is 2.13. The van der Waals surface area contributed by atoms with Gasteiger partial charge < -0.3 is 4.72 Å². The van der Waals surface area contributed by atoms with Crippen molar-refractivity contribution in [2.45, 2.75) is 4.90 Å². The van der Waals surface area contributed by atoms with E-state index in [1.165, 1.54) is 11.3 Å². The Morgan fingerprint density at radius 2 is 2.00 bits per heavy atom. The van der Waals surface area contributed by atoms with E-state index in [2.05, 4.69) is 9.71 Å². The van der Waals surface area contributed by atoms with Crippen LogP contribution in [0.2, 0.25) is 0 Å². The Labute approximate surface area is 97.7 Å². The molecule has 84 valence electrons. The zero-order valence-corrected chi connectivity index (χ0v) is 9.34. The average molecular weight is 262 g/mol. The smallest absolute Gasteiger partial charge is 0.195 e. The highest BCUT2D eigenvalue weighted by Gasteiger charge is 2.13. The van der Waals surface area contributed by atoms with Crippen molar-refractivity contribution in [1.82, 2.24) is 4.98 Å². The molecule has 0 amide bonds. The molecule has 0 fully saturated rings. The Hall–Kier alpha value is -1.21. The number of hydrogen-bond acceptors (Lipinski definition) is 4. The number of hydrogen-bond donors (Lipinski definition) is 1. The van der Waals surface area contributed by atoms with Crippen molar-refractivity contribution in [2.24, 2.45) is 0 Å². The van der Waals surface area contributed by atoms with Crippen LogP contribution in [0.25, 0.3) is 0 Å². The van der Waals surface area contributed by atoms with Crippen LogP contribution in [0.1, 0.15) is 0 Å². The molecule has 0 aliphatic heterocycles. The summed E-state index contributed by atoms with van der Waals surface area (Å²) >= 11 is 2.21. The van der Waals surface area contributed by atoms with Crippen molar-refractivity contribution in [2.75, 3.05) is 4.72 Å². The summed E-state index contributed by atoms with van der Waals surface area (Å²) in [5.41, 5.74) is 1.60. The number of benzene rings is 1. The molecule has 0 spiro atoms. The summed E-state index contributed by atoms with van der Waals surface area (Å²) in [5.74, 6) is -3.33. The van der Waals surface area contributed by atoms with Gasteiger partial charge in [0, 0.05) is 5.38 Å². The van der Waals surface area contributed by atoms with Crippen LogP contribution >= 0.6 is 23.3 Å². The Bertz CT molecular complexity index is 488. The first kappa shape index (κ1) is 11.3. The summed E-state index contributed by atoms with van der Waals surface area (Å²) in [6, 6.07) is 2.04. The molecule has 1 heterocycles. The second-order valence-corrected chi connectivity index (χ2v) is 4.32. The molecule has 7 heteroatoms. The third-order valence-corrected chi connectivity index (χ3v) is 3.13. The fraction of sp³-hybridized carbons (Fsp3) is 0. The van der Waals surface area contributed by atoms with E-state index in [0.29, 0.717) is 5.82 Å². The first-order valence-corrected chi connectivity index (χ1v) is 5.89. The van der Waals surface area contributed by atoms with Crippen molar-refractivity contribution in [3.05, 3.63) is 40.5 Å². The maximum absolute atomic E-state index is 13.2. The molecule has 1 N–H and O–H groups in total. The van der Waals surface area contributed by atoms with Crippen LogP contribution in [-0.4, -0.2) is 4.98 Å². The molecule has 0 atom stereocenters. The van der Waals surface area contributed by atoms with Crippen LogP contribution in [0, 0.1) is 17.5 Å². The number of nitrogens with one attached hydrogen (secondary N) is 1. The van der Waals surface area contributed by atoms with Gasteiger partial charge in [0.25, 0.3) is 0 Å². The first-order chi connectivity index (χ1) is 7.68. The van der Waals surface area contributed by atoms with Gasteiger partial charge in [-0.05, 0) is 24.1 Å². The van der Waals surface area contributed by atoms with E-state index in [1.54, 1.807) is 10.9 Å². The number of anilines is 1. The van der Waals surface area contributed by atoms with Gasteiger partial charge in [-0.15, -0.1) is 11.3 Å². The van der Waals surface area contributed by atoms with Crippen LogP contribution in [0.3, 0.4) is 0 Å². The minimum Gasteiger partial charge on any atom is -0.309 e. The molecule has 1 aromatic heterocycles. The number of aromatic nitrogens is 1. The molecular formula is C9H5F3N2S2. The van der Waals surface area contributed by atoms with Gasteiger partial charge in [0.2, 0.25) is 0 Å². The number of nitrogens with zero attached hydrogens (tertiary/aromatic N) is 1. The van der Waals surface area contributed by atoms with E-state index in [9.17, 15) is 13.2 Å². The molecule has 2 rings (SSSR count). The number of halogens is 3. The van der Waals surface area contributed by atoms with Crippen molar-refractivity contribution in [3.8, 4) is 0 Å². The Kier molecular flexibility index (Phi) is 3.35. The lowest BCUT2D eigenvalue weighted by molar-refractivity contribution is 0.435. The summed E-state index contributed by atoms with van der Waals surface area (Å²) in [4.78, 5) is 3.88. The average Bonchev–Trinajstić information content (AvgIpc) is 2.78. The monoisotopic (exact) mass is 262 g/mol. The largest absolute Gasteiger partial charge is 0.309 e. The van der Waals surface area contributed by atoms with Gasteiger partial charge in [0.1, 0.15) is 5.82 Å². The molecule has 0 unspecified atom stereocenters. The van der Waals surface area contributed by atoms with E-state index in [1.807, 2.05) is 0 Å². The summed E-state index contributed by atoms with van der Waals surface area (Å²) in [7, 11) is 0. The minimum absolute atomic E-state index is 0.0214. The lowest BCUT2D eigenvalue weighted by atomic mass is 10.3. The van der Waals surface area contributed by atoms with E-state index in [4.69, 9.17) is 0 Å². The van der Waals surface area contributed by atoms with Gasteiger partial charge >= 0.3 is 0 Å². The molecular weight excluding hydrogens is 257 g/mol. The molecule has 0 radical (unpaired) electrons. The van der Waals surface area contributed by atoms with Crippen LogP contribution in [0.5, 0.6) is 0 Å². The summed E-state index contributed by atoms with van der Waals surface area (Å²) < 4.78 is 41.4. The highest BCUT2D eigenvalue weighted by Crippen LogP contribution is 2.26. The van der Waals surface area contributed by atoms with Gasteiger partial charge in [0.05, 0.1) is 10.4 Å². The third kappa shape index (κ3) is 2.30. The van der Waals surface area contributed by atoms with Crippen molar-refractivity contribution >= 4 is 29.1 Å². The number of rotatable bonds is 3. The molecule has 2 nitrogen and oxygen atoms in total. The summed E-state index contributed by atoms with van der Waals surface area (Å²) in [6.07, 6.45) is 0. The molecule has 0 bridgehead atoms. The van der Waals surface area contributed by atoms with Gasteiger partial charge in [-0.25, -0.2) is 18.2 Å². The van der Waals surface area contributed by atoms with Crippen molar-refractivity contribution in [1.29, 1.82) is 0 Å². The van der Waals surface area contributed by atoms with E-state index >= 15 is 0 Å². The highest BCUT2D eigenvalue weighted by atomic mass is 32.2. The standard InChI is InChI=1S/C9H5F3N2S2/c10-5-1-2-6(9(12)8(5)11)16-14-7-3-15-4-13-7/h1-4,14H. The third-order valence-electron chi connectivity index (χ3n) is 1.70. The second kappa shape index (κ2) is 4.75. The number of thiazole rings is 1. The molecule has 0 saturated heterocycles. The highest BCUT2D eigenvalue weighted by molar-refractivity contribution is 8.00. The zero-order valence-electron chi connectivity index (χ0n) is 7.71. The molecule has 1 aromatic carbocycles. The second-order valence-electron chi connectivity index (χ2n) is 2.75. The SMILES string of the molecule is Fc1ccc(SNc2cscn2)c(F)c1F. The van der Waals surface area contributed by atoms with E-state index in [0.717, 1.165) is 24.1 Å². The van der Waals surface area contributed by atoms with Gasteiger partial charge in [-0.2, -0.15) is 0 Å². The van der Waals surface area contributed by atoms with Crippen molar-refractivity contribution in [3.63, 3.8) is 0 Å². The summed E-state index contributed by atoms with van der Waals surface area (Å²) in [5, 5.41) is 1.71. The van der Waals surface area contributed by atoms with Crippen LogP contribution in [-0.2, 0) is 0 Å². The topological polar surface area (TPSA) is 24.9 Å². The molecule has 0 aliphatic carbocycles. The fourth-order valence-electron chi connectivity index (χ4n) is 0.957. The Morgan fingerprint density at radius 1 is 1.19 bits per heavy atom. The van der Waals surface area contributed by atoms with Crippen molar-refractivity contribution < 1.29 is 13.2 Å². The predicted octanol–water partition coefficient (Wildman–Crippen LogP) is 3.68. The Morgan fingerprint density at radius 3 is 2.69 bits per heavy atom. The quantitative estimate of drug-likeness (QED) is 0.674. The first-order valence-electron chi connectivity index (χ1n) is 4.13. The zero-order chi connectivity index (χ0) is 11.5. The minimum atomic E-state index is -1.47. The normalized spacial score (nSPS) is 10.4. The molecule has 0 aliphatic rings. The van der Waals surface area contributed by atoms with E-state index < -0.39 is 17.5 Å². The van der Waals surface area contributed by atoms with E-state index in [-0.39, 0.29) is 4.90 Å². The lowest BCUT2D eigenvalue weighted by Crippen LogP contribution is -1.95. The van der Waals surface area contributed by atoms with Crippen LogP contribution in [0.15, 0.2) is 27.9 Å². The molecule has 2 aromatic rings. The van der Waals surface area contributed by atoms with Gasteiger partial charge in [-0.1, -0.05) is 0 Å². The lowest BCUT2D eigenvalue weighted by Gasteiger charge is -2.04. The van der Waals surface area contributed by atoms with Gasteiger partial charge in [0.15, 0.2) is 17.5 Å². The summed E-state index contributed by atoms with van der Waals surface area (Å²) in [6.45, 7) is 0. The fourth-order valence-corrected chi connectivity index (χ4v) is 2.16. The maximum atomic E-state index is 13.2.